The van der Waals surface area contributed by atoms with Crippen LogP contribution in [0.2, 0.25) is 5.02 Å². The van der Waals surface area contributed by atoms with E-state index in [4.69, 9.17) is 11.6 Å². The molecule has 0 aromatic heterocycles. The molecule has 2 rings (SSSR count). The molecule has 1 N–H and O–H groups in total. The second-order valence-corrected chi connectivity index (χ2v) is 6.31. The highest BCUT2D eigenvalue weighted by Crippen LogP contribution is 2.15. The van der Waals surface area contributed by atoms with E-state index < -0.39 is 0 Å². The Kier molecular flexibility index (Phi) is 6.74. The van der Waals surface area contributed by atoms with E-state index in [1.165, 1.54) is 12.1 Å². The van der Waals surface area contributed by atoms with Crippen LogP contribution in [0.3, 0.4) is 0 Å². The molecule has 2 aromatic rings. The van der Waals surface area contributed by atoms with E-state index in [0.717, 1.165) is 11.1 Å². The quantitative estimate of drug-likeness (QED) is 0.758. The SMILES string of the molecule is O=C(CCSCc1cccc(F)c1)NCc1ccccc1Cl. The Bertz CT molecular complexity index is 636. The standard InChI is InChI=1S/C17H17ClFNOS/c18-16-7-2-1-5-14(16)11-20-17(21)8-9-22-12-13-4-3-6-15(19)10-13/h1-7,10H,8-9,11-12H2,(H,20,21). The van der Waals surface area contributed by atoms with Crippen LogP contribution in [0, 0.1) is 5.82 Å². The second-order valence-electron chi connectivity index (χ2n) is 4.80. The molecule has 0 aliphatic heterocycles. The maximum absolute atomic E-state index is 13.0. The lowest BCUT2D eigenvalue weighted by Crippen LogP contribution is -2.23. The van der Waals surface area contributed by atoms with Crippen LogP contribution in [0.4, 0.5) is 4.39 Å². The second kappa shape index (κ2) is 8.81. The van der Waals surface area contributed by atoms with Crippen molar-refractivity contribution >= 4 is 29.3 Å². The molecule has 0 aliphatic rings. The highest BCUT2D eigenvalue weighted by atomic mass is 35.5. The smallest absolute Gasteiger partial charge is 0.221 e. The number of carbonyl (C=O) groups is 1. The summed E-state index contributed by atoms with van der Waals surface area (Å²) < 4.78 is 13.0. The molecule has 2 aromatic carbocycles. The minimum absolute atomic E-state index is 0.00772. The van der Waals surface area contributed by atoms with Crippen molar-refractivity contribution in [2.45, 2.75) is 18.7 Å². The van der Waals surface area contributed by atoms with E-state index in [-0.39, 0.29) is 11.7 Å². The van der Waals surface area contributed by atoms with E-state index in [9.17, 15) is 9.18 Å². The number of halogens is 2. The number of nitrogens with one attached hydrogen (secondary N) is 1. The molecule has 0 heterocycles. The molecule has 2 nitrogen and oxygen atoms in total. The maximum Gasteiger partial charge on any atom is 0.221 e. The molecular formula is C17H17ClFNOS. The van der Waals surface area contributed by atoms with Gasteiger partial charge in [-0.05, 0) is 29.3 Å². The van der Waals surface area contributed by atoms with E-state index >= 15 is 0 Å². The molecule has 0 saturated heterocycles. The zero-order valence-corrected chi connectivity index (χ0v) is 13.6. The predicted octanol–water partition coefficient (Wildman–Crippen LogP) is 4.42. The minimum Gasteiger partial charge on any atom is -0.352 e. The Hall–Kier alpha value is -1.52. The lowest BCUT2D eigenvalue weighted by molar-refractivity contribution is -0.120. The number of benzene rings is 2. The average Bonchev–Trinajstić information content (AvgIpc) is 2.51. The number of amides is 1. The third-order valence-corrected chi connectivity index (χ3v) is 4.46. The summed E-state index contributed by atoms with van der Waals surface area (Å²) >= 11 is 7.64. The summed E-state index contributed by atoms with van der Waals surface area (Å²) in [5.41, 5.74) is 1.84. The van der Waals surface area contributed by atoms with Crippen LogP contribution < -0.4 is 5.32 Å². The Morgan fingerprint density at radius 3 is 2.77 bits per heavy atom. The molecule has 0 unspecified atom stereocenters. The fourth-order valence-electron chi connectivity index (χ4n) is 1.91. The van der Waals surface area contributed by atoms with Crippen LogP contribution in [0.15, 0.2) is 48.5 Å². The molecule has 1 amide bonds. The molecule has 5 heteroatoms. The summed E-state index contributed by atoms with van der Waals surface area (Å²) in [6.45, 7) is 0.438. The van der Waals surface area contributed by atoms with Crippen LogP contribution in [-0.4, -0.2) is 11.7 Å². The third-order valence-electron chi connectivity index (χ3n) is 3.07. The van der Waals surface area contributed by atoms with Gasteiger partial charge < -0.3 is 5.32 Å². The summed E-state index contributed by atoms with van der Waals surface area (Å²) in [6, 6.07) is 14.0. The Morgan fingerprint density at radius 1 is 1.18 bits per heavy atom. The molecule has 0 fully saturated rings. The highest BCUT2D eigenvalue weighted by Gasteiger charge is 2.04. The molecule has 22 heavy (non-hydrogen) atoms. The summed E-state index contributed by atoms with van der Waals surface area (Å²) in [7, 11) is 0. The molecule has 0 aliphatic carbocycles. The van der Waals surface area contributed by atoms with Gasteiger partial charge in [-0.3, -0.25) is 4.79 Å². The van der Waals surface area contributed by atoms with E-state index in [0.29, 0.717) is 29.5 Å². The van der Waals surface area contributed by atoms with Crippen LogP contribution in [0.5, 0.6) is 0 Å². The number of rotatable bonds is 7. The lowest BCUT2D eigenvalue weighted by Gasteiger charge is -2.07. The highest BCUT2D eigenvalue weighted by molar-refractivity contribution is 7.98. The molecule has 0 bridgehead atoms. The van der Waals surface area contributed by atoms with Crippen molar-refractivity contribution in [3.63, 3.8) is 0 Å². The van der Waals surface area contributed by atoms with Gasteiger partial charge in [-0.2, -0.15) is 11.8 Å². The van der Waals surface area contributed by atoms with Crippen molar-refractivity contribution in [1.82, 2.24) is 5.32 Å². The Balaban J connectivity index is 1.65. The third kappa shape index (κ3) is 5.70. The summed E-state index contributed by atoms with van der Waals surface area (Å²) in [5.74, 6) is 1.17. The first-order chi connectivity index (χ1) is 10.6. The van der Waals surface area contributed by atoms with Crippen molar-refractivity contribution in [1.29, 1.82) is 0 Å². The van der Waals surface area contributed by atoms with Gasteiger partial charge in [-0.25, -0.2) is 4.39 Å². The predicted molar refractivity (Wildman–Crippen MR) is 90.5 cm³/mol. The first-order valence-electron chi connectivity index (χ1n) is 6.97. The largest absolute Gasteiger partial charge is 0.352 e. The van der Waals surface area contributed by atoms with Gasteiger partial charge >= 0.3 is 0 Å². The summed E-state index contributed by atoms with van der Waals surface area (Å²) in [4.78, 5) is 11.8. The molecule has 0 spiro atoms. The lowest BCUT2D eigenvalue weighted by atomic mass is 10.2. The molecular weight excluding hydrogens is 321 g/mol. The van der Waals surface area contributed by atoms with Crippen molar-refractivity contribution in [3.05, 3.63) is 70.5 Å². The minimum atomic E-state index is -0.226. The van der Waals surface area contributed by atoms with E-state index in [1.54, 1.807) is 23.9 Å². The van der Waals surface area contributed by atoms with Gasteiger partial charge in [0.15, 0.2) is 0 Å². The maximum atomic E-state index is 13.0. The van der Waals surface area contributed by atoms with Gasteiger partial charge in [0.2, 0.25) is 5.91 Å². The van der Waals surface area contributed by atoms with Gasteiger partial charge in [0, 0.05) is 29.5 Å². The van der Waals surface area contributed by atoms with Gasteiger partial charge in [0.25, 0.3) is 0 Å². The van der Waals surface area contributed by atoms with Gasteiger partial charge in [-0.15, -0.1) is 0 Å². The van der Waals surface area contributed by atoms with E-state index in [2.05, 4.69) is 5.32 Å². The Labute approximate surface area is 139 Å². The van der Waals surface area contributed by atoms with Crippen LogP contribution in [-0.2, 0) is 17.1 Å². The van der Waals surface area contributed by atoms with Gasteiger partial charge in [0.1, 0.15) is 5.82 Å². The number of hydrogen-bond acceptors (Lipinski definition) is 2. The first-order valence-corrected chi connectivity index (χ1v) is 8.51. The van der Waals surface area contributed by atoms with Crippen molar-refractivity contribution in [2.24, 2.45) is 0 Å². The molecule has 116 valence electrons. The monoisotopic (exact) mass is 337 g/mol. The van der Waals surface area contributed by atoms with Gasteiger partial charge in [0.05, 0.1) is 0 Å². The normalized spacial score (nSPS) is 10.5. The fourth-order valence-corrected chi connectivity index (χ4v) is 3.00. The van der Waals surface area contributed by atoms with Crippen LogP contribution in [0.1, 0.15) is 17.5 Å². The van der Waals surface area contributed by atoms with Crippen molar-refractivity contribution < 1.29 is 9.18 Å². The van der Waals surface area contributed by atoms with Crippen molar-refractivity contribution in [3.8, 4) is 0 Å². The topological polar surface area (TPSA) is 29.1 Å². The number of hydrogen-bond donors (Lipinski definition) is 1. The summed E-state index contributed by atoms with van der Waals surface area (Å²) in [5, 5.41) is 3.51. The molecule has 0 saturated carbocycles. The zero-order valence-electron chi connectivity index (χ0n) is 12.0. The van der Waals surface area contributed by atoms with Crippen molar-refractivity contribution in [2.75, 3.05) is 5.75 Å². The Morgan fingerprint density at radius 2 is 2.00 bits per heavy atom. The zero-order chi connectivity index (χ0) is 15.8. The van der Waals surface area contributed by atoms with E-state index in [1.807, 2.05) is 24.3 Å². The molecule has 0 atom stereocenters. The first kappa shape index (κ1) is 16.8. The van der Waals surface area contributed by atoms with Crippen LogP contribution in [0.25, 0.3) is 0 Å². The molecule has 0 radical (unpaired) electrons. The average molecular weight is 338 g/mol. The van der Waals surface area contributed by atoms with Crippen LogP contribution >= 0.6 is 23.4 Å². The number of carbonyl (C=O) groups excluding carboxylic acids is 1. The fraction of sp³-hybridized carbons (Fsp3) is 0.235. The van der Waals surface area contributed by atoms with Gasteiger partial charge in [-0.1, -0.05) is 41.9 Å². The number of thioether (sulfide) groups is 1. The summed E-state index contributed by atoms with van der Waals surface area (Å²) in [6.07, 6.45) is 0.435.